The molecule has 0 radical (unpaired) electrons. The van der Waals surface area contributed by atoms with Gasteiger partial charge in [0.25, 0.3) is 11.1 Å². The fourth-order valence-electron chi connectivity index (χ4n) is 5.24. The van der Waals surface area contributed by atoms with E-state index in [-0.39, 0.29) is 17.2 Å². The monoisotopic (exact) mass is 449 g/mol. The lowest BCUT2D eigenvalue weighted by Gasteiger charge is -2.34. The molecule has 172 valence electrons. The lowest BCUT2D eigenvalue weighted by atomic mass is 10.0. The van der Waals surface area contributed by atoms with E-state index in [9.17, 15) is 9.59 Å². The number of fused-ring (bicyclic) bond motifs is 1. The highest BCUT2D eigenvalue weighted by atomic mass is 16.6. The molecular formula is C24H27N5O4. The predicted octanol–water partition coefficient (Wildman–Crippen LogP) is 1.14. The van der Waals surface area contributed by atoms with Crippen molar-refractivity contribution < 1.29 is 9.47 Å². The van der Waals surface area contributed by atoms with Crippen molar-refractivity contribution in [2.24, 2.45) is 0 Å². The van der Waals surface area contributed by atoms with Gasteiger partial charge in [-0.05, 0) is 38.1 Å². The predicted molar refractivity (Wildman–Crippen MR) is 123 cm³/mol. The molecule has 0 unspecified atom stereocenters. The average molecular weight is 450 g/mol. The highest BCUT2D eigenvalue weighted by Crippen LogP contribution is 2.29. The van der Waals surface area contributed by atoms with Crippen LogP contribution in [0.2, 0.25) is 0 Å². The van der Waals surface area contributed by atoms with Crippen molar-refractivity contribution in [3.63, 3.8) is 0 Å². The van der Waals surface area contributed by atoms with Crippen molar-refractivity contribution in [1.29, 1.82) is 0 Å². The van der Waals surface area contributed by atoms with Crippen LogP contribution in [-0.2, 0) is 13.1 Å². The number of pyridine rings is 3. The summed E-state index contributed by atoms with van der Waals surface area (Å²) in [7, 11) is 0. The minimum atomic E-state index is -0.0417. The van der Waals surface area contributed by atoms with Crippen molar-refractivity contribution in [3.05, 3.63) is 62.9 Å². The van der Waals surface area contributed by atoms with Gasteiger partial charge in [0.05, 0.1) is 17.9 Å². The van der Waals surface area contributed by atoms with Gasteiger partial charge in [-0.1, -0.05) is 0 Å². The lowest BCUT2D eigenvalue weighted by Crippen LogP contribution is -2.44. The number of nitrogens with zero attached hydrogens (tertiary/aromatic N) is 4. The number of ether oxygens (including phenoxy) is 2. The Labute approximate surface area is 190 Å². The van der Waals surface area contributed by atoms with E-state index in [0.29, 0.717) is 38.1 Å². The smallest absolute Gasteiger partial charge is 0.252 e. The average Bonchev–Trinajstić information content (AvgIpc) is 3.23. The normalized spacial score (nSPS) is 20.4. The van der Waals surface area contributed by atoms with Crippen LogP contribution < -0.4 is 25.9 Å². The summed E-state index contributed by atoms with van der Waals surface area (Å²) < 4.78 is 14.7. The van der Waals surface area contributed by atoms with Crippen molar-refractivity contribution in [3.8, 4) is 11.5 Å². The summed E-state index contributed by atoms with van der Waals surface area (Å²) >= 11 is 0. The van der Waals surface area contributed by atoms with Gasteiger partial charge in [-0.3, -0.25) is 23.7 Å². The Morgan fingerprint density at radius 2 is 1.76 bits per heavy atom. The summed E-state index contributed by atoms with van der Waals surface area (Å²) in [5, 5.41) is 4.56. The van der Waals surface area contributed by atoms with E-state index in [2.05, 4.69) is 15.2 Å². The molecule has 9 heteroatoms. The summed E-state index contributed by atoms with van der Waals surface area (Å²) in [5.41, 5.74) is 1.62. The minimum absolute atomic E-state index is 0.0114. The van der Waals surface area contributed by atoms with Gasteiger partial charge in [0.1, 0.15) is 18.9 Å². The fourth-order valence-corrected chi connectivity index (χ4v) is 5.24. The van der Waals surface area contributed by atoms with Crippen LogP contribution in [0.4, 0.5) is 0 Å². The van der Waals surface area contributed by atoms with Crippen LogP contribution in [0, 0.1) is 0 Å². The third-order valence-electron chi connectivity index (χ3n) is 6.93. The number of hydrogen-bond donors (Lipinski definition) is 1. The van der Waals surface area contributed by atoms with E-state index >= 15 is 0 Å². The molecule has 0 aliphatic carbocycles. The Morgan fingerprint density at radius 3 is 2.58 bits per heavy atom. The number of likely N-dealkylation sites (tertiary alicyclic amines) is 1. The summed E-state index contributed by atoms with van der Waals surface area (Å²) in [5.74, 6) is 1.48. The standard InChI is InChI=1S/C24H27N5O4/c30-22-3-1-16-2-4-23(31)29-19(15-28(22)24(16)29)14-27-7-5-17(6-8-27)25-12-18-11-20-21(13-26-18)33-10-9-32-20/h1-4,11,13,17,19,25H,5-10,12,14-15H2/t19-/m1/s1. The molecule has 6 rings (SSSR count). The molecular weight excluding hydrogens is 422 g/mol. The van der Waals surface area contributed by atoms with Gasteiger partial charge in [-0.15, -0.1) is 0 Å². The van der Waals surface area contributed by atoms with Gasteiger partial charge in [0.2, 0.25) is 0 Å². The second kappa shape index (κ2) is 8.31. The Morgan fingerprint density at radius 1 is 1.00 bits per heavy atom. The SMILES string of the molecule is O=c1ccc2ccc(=O)n3c2n1C[C@H]3CN1CCC(NCc2cc3c(cn2)OCCO3)CC1. The maximum Gasteiger partial charge on any atom is 0.252 e. The summed E-state index contributed by atoms with van der Waals surface area (Å²) in [4.78, 5) is 31.9. The number of rotatable bonds is 5. The molecule has 3 aliphatic rings. The number of aromatic nitrogens is 3. The van der Waals surface area contributed by atoms with Crippen LogP contribution in [0.3, 0.4) is 0 Å². The molecule has 1 fully saturated rings. The molecule has 0 bridgehead atoms. The van der Waals surface area contributed by atoms with Gasteiger partial charge in [0, 0.05) is 49.3 Å². The van der Waals surface area contributed by atoms with Crippen molar-refractivity contribution >= 4 is 11.0 Å². The minimum Gasteiger partial charge on any atom is -0.486 e. The van der Waals surface area contributed by atoms with Gasteiger partial charge < -0.3 is 19.7 Å². The molecule has 3 aromatic rings. The Kier molecular flexibility index (Phi) is 5.15. The van der Waals surface area contributed by atoms with E-state index < -0.39 is 0 Å². The van der Waals surface area contributed by atoms with Crippen LogP contribution >= 0.6 is 0 Å². The van der Waals surface area contributed by atoms with E-state index in [0.717, 1.165) is 55.0 Å². The van der Waals surface area contributed by atoms with E-state index in [1.54, 1.807) is 35.0 Å². The third-order valence-corrected chi connectivity index (χ3v) is 6.93. The van der Waals surface area contributed by atoms with E-state index in [1.807, 2.05) is 10.6 Å². The molecule has 0 saturated carbocycles. The highest BCUT2D eigenvalue weighted by Gasteiger charge is 2.29. The largest absolute Gasteiger partial charge is 0.486 e. The van der Waals surface area contributed by atoms with E-state index in [4.69, 9.17) is 9.47 Å². The molecule has 1 N–H and O–H groups in total. The zero-order valence-corrected chi connectivity index (χ0v) is 18.4. The highest BCUT2D eigenvalue weighted by molar-refractivity contribution is 5.76. The molecule has 33 heavy (non-hydrogen) atoms. The van der Waals surface area contributed by atoms with Crippen LogP contribution in [0.5, 0.6) is 11.5 Å². The van der Waals surface area contributed by atoms with Gasteiger partial charge in [0.15, 0.2) is 11.5 Å². The molecule has 0 spiro atoms. The van der Waals surface area contributed by atoms with Crippen molar-refractivity contribution in [2.75, 3.05) is 32.8 Å². The molecule has 9 nitrogen and oxygen atoms in total. The zero-order chi connectivity index (χ0) is 22.4. The Bertz CT molecular complexity index is 1300. The quantitative estimate of drug-likeness (QED) is 0.625. The molecule has 1 atom stereocenters. The topological polar surface area (TPSA) is 90.6 Å². The zero-order valence-electron chi connectivity index (χ0n) is 18.4. The van der Waals surface area contributed by atoms with Gasteiger partial charge >= 0.3 is 0 Å². The molecule has 3 aromatic heterocycles. The summed E-state index contributed by atoms with van der Waals surface area (Å²) in [6.45, 7) is 5.08. The first-order valence-electron chi connectivity index (χ1n) is 11.6. The molecule has 1 saturated heterocycles. The maximum atomic E-state index is 12.6. The molecule has 0 amide bonds. The summed E-state index contributed by atoms with van der Waals surface area (Å²) in [6, 6.07) is 9.17. The Hall–Kier alpha value is -3.17. The molecule has 0 aromatic carbocycles. The number of piperidine rings is 1. The second-order valence-electron chi connectivity index (χ2n) is 9.03. The maximum absolute atomic E-state index is 12.6. The molecule has 3 aliphatic heterocycles. The van der Waals surface area contributed by atoms with E-state index in [1.165, 1.54) is 0 Å². The van der Waals surface area contributed by atoms with Crippen LogP contribution in [-0.4, -0.2) is 57.9 Å². The Balaban J connectivity index is 1.06. The number of hydrogen-bond acceptors (Lipinski definition) is 7. The summed E-state index contributed by atoms with van der Waals surface area (Å²) in [6.07, 6.45) is 3.80. The van der Waals surface area contributed by atoms with Crippen molar-refractivity contribution in [1.82, 2.24) is 24.3 Å². The first-order chi connectivity index (χ1) is 16.2. The molecule has 6 heterocycles. The van der Waals surface area contributed by atoms with Crippen LogP contribution in [0.1, 0.15) is 24.6 Å². The first-order valence-corrected chi connectivity index (χ1v) is 11.6. The van der Waals surface area contributed by atoms with Gasteiger partial charge in [-0.25, -0.2) is 0 Å². The van der Waals surface area contributed by atoms with Crippen molar-refractivity contribution in [2.45, 2.75) is 38.0 Å². The lowest BCUT2D eigenvalue weighted by molar-refractivity contribution is 0.168. The first kappa shape index (κ1) is 20.4. The third kappa shape index (κ3) is 3.81. The fraction of sp³-hybridized carbons (Fsp3) is 0.458. The number of nitrogens with one attached hydrogen (secondary N) is 1. The van der Waals surface area contributed by atoms with Crippen LogP contribution in [0.15, 0.2) is 46.1 Å². The van der Waals surface area contributed by atoms with Gasteiger partial charge in [-0.2, -0.15) is 0 Å². The second-order valence-corrected chi connectivity index (χ2v) is 9.03. The van der Waals surface area contributed by atoms with Crippen LogP contribution in [0.25, 0.3) is 11.0 Å².